The van der Waals surface area contributed by atoms with E-state index < -0.39 is 18.5 Å². The molecule has 41 heavy (non-hydrogen) atoms. The largest absolute Gasteiger partial charge is 0.462 e. The lowest BCUT2D eigenvalue weighted by Gasteiger charge is -2.20. The fourth-order valence-corrected chi connectivity index (χ4v) is 4.85. The Hall–Kier alpha value is -3.96. The second-order valence-electron chi connectivity index (χ2n) is 10.5. The summed E-state index contributed by atoms with van der Waals surface area (Å²) in [6, 6.07) is 21.8. The summed E-state index contributed by atoms with van der Waals surface area (Å²) in [7, 11) is 0. The van der Waals surface area contributed by atoms with Gasteiger partial charge in [-0.15, -0.1) is 0 Å². The normalized spacial score (nSPS) is 11.5. The van der Waals surface area contributed by atoms with Gasteiger partial charge >= 0.3 is 11.9 Å². The van der Waals surface area contributed by atoms with Crippen LogP contribution in [0.5, 0.6) is 0 Å². The molecule has 0 aliphatic rings. The lowest BCUT2D eigenvalue weighted by Crippen LogP contribution is -2.17. The van der Waals surface area contributed by atoms with Gasteiger partial charge in [-0.3, -0.25) is 0 Å². The zero-order valence-electron chi connectivity index (χ0n) is 24.8. The predicted octanol–water partition coefficient (Wildman–Crippen LogP) is 7.53. The average Bonchev–Trinajstić information content (AvgIpc) is 2.98. The lowest BCUT2D eigenvalue weighted by molar-refractivity contribution is -0.142. The molecule has 5 nitrogen and oxygen atoms in total. The molecule has 0 aromatic heterocycles. The number of hydrogen-bond acceptors (Lipinski definition) is 5. The van der Waals surface area contributed by atoms with Crippen molar-refractivity contribution in [3.63, 3.8) is 0 Å². The summed E-state index contributed by atoms with van der Waals surface area (Å²) in [5.41, 5.74) is 9.85. The molecular weight excluding hydrogens is 512 g/mol. The van der Waals surface area contributed by atoms with Crippen LogP contribution >= 0.6 is 0 Å². The van der Waals surface area contributed by atoms with Gasteiger partial charge in [0.2, 0.25) is 0 Å². The summed E-state index contributed by atoms with van der Waals surface area (Å²) >= 11 is 0. The van der Waals surface area contributed by atoms with Crippen molar-refractivity contribution in [2.75, 3.05) is 19.8 Å². The Morgan fingerprint density at radius 1 is 0.878 bits per heavy atom. The van der Waals surface area contributed by atoms with Gasteiger partial charge in [0.05, 0.1) is 25.4 Å². The Balaban J connectivity index is 1.84. The summed E-state index contributed by atoms with van der Waals surface area (Å²) in [6.07, 6.45) is 3.60. The number of aliphatic hydroxyl groups is 1. The fourth-order valence-electron chi connectivity index (χ4n) is 4.85. The van der Waals surface area contributed by atoms with Crippen LogP contribution in [0, 0.1) is 6.92 Å². The van der Waals surface area contributed by atoms with Crippen LogP contribution in [0.3, 0.4) is 0 Å². The van der Waals surface area contributed by atoms with Gasteiger partial charge in [-0.1, -0.05) is 94.1 Å². The van der Waals surface area contributed by atoms with E-state index in [0.717, 1.165) is 41.5 Å². The molecule has 0 spiro atoms. The first-order valence-corrected chi connectivity index (χ1v) is 14.3. The average molecular weight is 555 g/mol. The smallest absolute Gasteiger partial charge is 0.335 e. The topological polar surface area (TPSA) is 72.8 Å². The Kier molecular flexibility index (Phi) is 11.7. The van der Waals surface area contributed by atoms with Crippen molar-refractivity contribution in [3.05, 3.63) is 107 Å². The monoisotopic (exact) mass is 554 g/mol. The Bertz CT molecular complexity index is 1380. The van der Waals surface area contributed by atoms with Crippen molar-refractivity contribution < 1.29 is 24.2 Å². The van der Waals surface area contributed by atoms with Gasteiger partial charge in [-0.05, 0) is 77.6 Å². The number of aliphatic hydroxyl groups excluding tert-OH is 1. The van der Waals surface area contributed by atoms with E-state index in [1.807, 2.05) is 6.07 Å². The van der Waals surface area contributed by atoms with Crippen molar-refractivity contribution in [1.82, 2.24) is 0 Å². The van der Waals surface area contributed by atoms with Crippen LogP contribution in [0.1, 0.15) is 61.8 Å². The molecule has 3 rings (SSSR count). The minimum atomic E-state index is -0.635. The molecule has 0 saturated carbocycles. The number of aryl methyl sites for hydroxylation is 3. The molecule has 5 heteroatoms. The summed E-state index contributed by atoms with van der Waals surface area (Å²) in [5.74, 6) is -1.28. The maximum atomic E-state index is 12.1. The number of rotatable bonds is 14. The Morgan fingerprint density at radius 3 is 2.17 bits per heavy atom. The second kappa shape index (κ2) is 15.2. The molecule has 0 radical (unpaired) electrons. The Labute approximate surface area is 244 Å². The summed E-state index contributed by atoms with van der Waals surface area (Å²) < 4.78 is 10.7. The zero-order chi connectivity index (χ0) is 29.9. The lowest BCUT2D eigenvalue weighted by atomic mass is 9.89. The number of benzene rings is 3. The molecular formula is C36H42O5. The van der Waals surface area contributed by atoms with E-state index in [0.29, 0.717) is 12.0 Å². The van der Waals surface area contributed by atoms with Gasteiger partial charge in [-0.25, -0.2) is 9.59 Å². The zero-order valence-corrected chi connectivity index (χ0v) is 24.8. The highest BCUT2D eigenvalue weighted by Gasteiger charge is 2.18. The van der Waals surface area contributed by atoms with E-state index in [4.69, 9.17) is 14.6 Å². The molecule has 0 saturated heterocycles. The molecule has 1 N–H and O–H groups in total. The van der Waals surface area contributed by atoms with E-state index in [-0.39, 0.29) is 24.7 Å². The molecule has 0 fully saturated rings. The van der Waals surface area contributed by atoms with Gasteiger partial charge in [0.15, 0.2) is 0 Å². The first kappa shape index (κ1) is 31.6. The third-order valence-corrected chi connectivity index (χ3v) is 7.27. The van der Waals surface area contributed by atoms with E-state index in [2.05, 4.69) is 88.5 Å². The van der Waals surface area contributed by atoms with Crippen LogP contribution in [0.4, 0.5) is 0 Å². The molecule has 1 unspecified atom stereocenters. The summed E-state index contributed by atoms with van der Waals surface area (Å²) in [6.45, 7) is 15.0. The molecule has 216 valence electrons. The Morgan fingerprint density at radius 2 is 1.56 bits per heavy atom. The third-order valence-electron chi connectivity index (χ3n) is 7.27. The van der Waals surface area contributed by atoms with Crippen molar-refractivity contribution in [1.29, 1.82) is 0 Å². The minimum absolute atomic E-state index is 0.00133. The van der Waals surface area contributed by atoms with Crippen LogP contribution in [-0.2, 0) is 31.9 Å². The van der Waals surface area contributed by atoms with Gasteiger partial charge in [0, 0.05) is 11.5 Å². The highest BCUT2D eigenvalue weighted by Crippen LogP contribution is 2.33. The molecule has 0 aliphatic heterocycles. The van der Waals surface area contributed by atoms with Crippen LogP contribution < -0.4 is 0 Å². The minimum Gasteiger partial charge on any atom is -0.462 e. The molecule has 3 aromatic rings. The summed E-state index contributed by atoms with van der Waals surface area (Å²) in [4.78, 5) is 24.0. The van der Waals surface area contributed by atoms with Crippen molar-refractivity contribution >= 4 is 11.9 Å². The number of esters is 2. The molecule has 0 amide bonds. The van der Waals surface area contributed by atoms with E-state index >= 15 is 0 Å². The number of hydrogen-bond donors (Lipinski definition) is 1. The van der Waals surface area contributed by atoms with Gasteiger partial charge < -0.3 is 14.6 Å². The van der Waals surface area contributed by atoms with Crippen LogP contribution in [0.2, 0.25) is 0 Å². The highest BCUT2D eigenvalue weighted by atomic mass is 16.5. The second-order valence-corrected chi connectivity index (χ2v) is 10.5. The first-order chi connectivity index (χ1) is 19.7. The standard InChI is InChI=1S/C36H42O5/c1-7-9-27-10-12-29(13-11-27)34-17-15-31(21-28(34)8-2)33-16-14-30(20-25(33)5)32(23-41-35(38)24(3)4)18-19-40-36(39)26(6)22-37/h10-17,20-21,32,37H,3,6-9,18-19,22-23H2,1-2,4-5H3. The van der Waals surface area contributed by atoms with Crippen LogP contribution in [0.25, 0.3) is 22.3 Å². The molecule has 3 aromatic carbocycles. The quantitative estimate of drug-likeness (QED) is 0.165. The number of carbonyl (C=O) groups is 2. The molecule has 0 aliphatic carbocycles. The van der Waals surface area contributed by atoms with E-state index in [1.54, 1.807) is 6.92 Å². The molecule has 0 bridgehead atoms. The molecule has 1 atom stereocenters. The predicted molar refractivity (Wildman–Crippen MR) is 166 cm³/mol. The van der Waals surface area contributed by atoms with Gasteiger partial charge in [0.25, 0.3) is 0 Å². The number of carbonyl (C=O) groups excluding carboxylic acids is 2. The fraction of sp³-hybridized carbons (Fsp3) is 0.333. The first-order valence-electron chi connectivity index (χ1n) is 14.3. The van der Waals surface area contributed by atoms with E-state index in [1.165, 1.54) is 22.3 Å². The van der Waals surface area contributed by atoms with Crippen molar-refractivity contribution in [2.24, 2.45) is 0 Å². The SMILES string of the molecule is C=C(C)C(=O)OCC(CCOC(=O)C(=C)CO)c1ccc(-c2ccc(-c3ccc(CCC)cc3)c(CC)c2)c(C)c1. The highest BCUT2D eigenvalue weighted by molar-refractivity contribution is 5.88. The number of ether oxygens (including phenoxy) is 2. The van der Waals surface area contributed by atoms with Gasteiger partial charge in [-0.2, -0.15) is 0 Å². The van der Waals surface area contributed by atoms with Crippen molar-refractivity contribution in [2.45, 2.75) is 59.3 Å². The summed E-state index contributed by atoms with van der Waals surface area (Å²) in [5, 5.41) is 9.11. The van der Waals surface area contributed by atoms with E-state index in [9.17, 15) is 9.59 Å². The van der Waals surface area contributed by atoms with Crippen LogP contribution in [0.15, 0.2) is 85.0 Å². The maximum Gasteiger partial charge on any atom is 0.335 e. The van der Waals surface area contributed by atoms with Gasteiger partial charge in [0.1, 0.15) is 0 Å². The third kappa shape index (κ3) is 8.51. The maximum absolute atomic E-state index is 12.1. The molecule has 0 heterocycles. The van der Waals surface area contributed by atoms with Crippen LogP contribution in [-0.4, -0.2) is 36.9 Å². The van der Waals surface area contributed by atoms with Crippen molar-refractivity contribution in [3.8, 4) is 22.3 Å².